The van der Waals surface area contributed by atoms with Gasteiger partial charge in [-0.3, -0.25) is 0 Å². The molecule has 2 rings (SSSR count). The summed E-state index contributed by atoms with van der Waals surface area (Å²) in [4.78, 5) is 36.9. The Morgan fingerprint density at radius 2 is 1.67 bits per heavy atom. The van der Waals surface area contributed by atoms with Crippen molar-refractivity contribution < 1.29 is 19.1 Å². The normalized spacial score (nSPS) is 13.7. The lowest BCUT2D eigenvalue weighted by atomic mass is 9.92. The molecule has 6 heteroatoms. The van der Waals surface area contributed by atoms with Crippen molar-refractivity contribution in [2.45, 2.75) is 31.8 Å². The molecule has 0 aliphatic heterocycles. The molecule has 0 aliphatic rings. The number of ether oxygens (including phenoxy) is 1. The highest BCUT2D eigenvalue weighted by Gasteiger charge is 2.42. The van der Waals surface area contributed by atoms with Crippen LogP contribution in [-0.2, 0) is 20.7 Å². The predicted octanol–water partition coefficient (Wildman–Crippen LogP) is 2.79. The second-order valence-corrected chi connectivity index (χ2v) is 6.20. The SMILES string of the molecule is CCOC(=O)C(C=O)(Cc1ccccc1)NC(=O)N[C@H](C)c1ccccc1. The van der Waals surface area contributed by atoms with Crippen molar-refractivity contribution in [2.24, 2.45) is 0 Å². The molecule has 0 radical (unpaired) electrons. The Labute approximate surface area is 158 Å². The summed E-state index contributed by atoms with van der Waals surface area (Å²) in [6, 6.07) is 17.5. The molecule has 6 nitrogen and oxygen atoms in total. The third kappa shape index (κ3) is 5.41. The van der Waals surface area contributed by atoms with E-state index in [-0.39, 0.29) is 19.1 Å². The zero-order valence-electron chi connectivity index (χ0n) is 15.5. The molecule has 0 fully saturated rings. The van der Waals surface area contributed by atoms with Crippen molar-refractivity contribution in [3.63, 3.8) is 0 Å². The highest BCUT2D eigenvalue weighted by atomic mass is 16.5. The summed E-state index contributed by atoms with van der Waals surface area (Å²) in [5.74, 6) is -0.786. The van der Waals surface area contributed by atoms with Gasteiger partial charge in [0.15, 0.2) is 11.8 Å². The number of nitrogens with one attached hydrogen (secondary N) is 2. The summed E-state index contributed by atoms with van der Waals surface area (Å²) in [6.07, 6.45) is 0.439. The fraction of sp³-hybridized carbons (Fsp3) is 0.286. The van der Waals surface area contributed by atoms with Gasteiger partial charge in [0, 0.05) is 6.42 Å². The first-order chi connectivity index (χ1) is 13.0. The van der Waals surface area contributed by atoms with E-state index in [1.54, 1.807) is 31.2 Å². The minimum atomic E-state index is -1.79. The van der Waals surface area contributed by atoms with E-state index in [9.17, 15) is 14.4 Å². The molecule has 2 amide bonds. The van der Waals surface area contributed by atoms with E-state index in [4.69, 9.17) is 4.74 Å². The van der Waals surface area contributed by atoms with Crippen LogP contribution < -0.4 is 10.6 Å². The quantitative estimate of drug-likeness (QED) is 0.426. The van der Waals surface area contributed by atoms with Gasteiger partial charge in [-0.05, 0) is 25.0 Å². The Balaban J connectivity index is 2.18. The van der Waals surface area contributed by atoms with Gasteiger partial charge in [0.25, 0.3) is 0 Å². The van der Waals surface area contributed by atoms with E-state index >= 15 is 0 Å². The molecule has 0 aromatic heterocycles. The Kier molecular flexibility index (Phi) is 7.11. The van der Waals surface area contributed by atoms with Gasteiger partial charge in [0.05, 0.1) is 12.6 Å². The molecule has 0 aliphatic carbocycles. The molecule has 0 saturated heterocycles. The molecule has 0 spiro atoms. The second kappa shape index (κ2) is 9.52. The lowest BCUT2D eigenvalue weighted by Gasteiger charge is -2.28. The minimum absolute atomic E-state index is 0.00328. The van der Waals surface area contributed by atoms with Gasteiger partial charge in [-0.25, -0.2) is 9.59 Å². The summed E-state index contributed by atoms with van der Waals surface area (Å²) in [5.41, 5.74) is -0.157. The van der Waals surface area contributed by atoms with Crippen molar-refractivity contribution >= 4 is 18.3 Å². The number of esters is 1. The fourth-order valence-electron chi connectivity index (χ4n) is 2.72. The Morgan fingerprint density at radius 1 is 1.07 bits per heavy atom. The van der Waals surface area contributed by atoms with E-state index in [0.717, 1.165) is 11.1 Å². The van der Waals surface area contributed by atoms with Crippen LogP contribution in [0.4, 0.5) is 4.79 Å². The van der Waals surface area contributed by atoms with Crippen LogP contribution in [0.3, 0.4) is 0 Å². The van der Waals surface area contributed by atoms with Gasteiger partial charge in [0.2, 0.25) is 0 Å². The number of hydrogen-bond donors (Lipinski definition) is 2. The molecule has 0 heterocycles. The number of hydrogen-bond acceptors (Lipinski definition) is 4. The third-order valence-corrected chi connectivity index (χ3v) is 4.15. The van der Waals surface area contributed by atoms with Crippen LogP contribution >= 0.6 is 0 Å². The van der Waals surface area contributed by atoms with Crippen LogP contribution in [0, 0.1) is 0 Å². The van der Waals surface area contributed by atoms with Gasteiger partial charge in [-0.2, -0.15) is 0 Å². The summed E-state index contributed by atoms with van der Waals surface area (Å²) >= 11 is 0. The number of amides is 2. The first-order valence-corrected chi connectivity index (χ1v) is 8.82. The minimum Gasteiger partial charge on any atom is -0.464 e. The fourth-order valence-corrected chi connectivity index (χ4v) is 2.72. The van der Waals surface area contributed by atoms with Gasteiger partial charge in [-0.15, -0.1) is 0 Å². The molecule has 2 atom stereocenters. The Hall–Kier alpha value is -3.15. The molecule has 1 unspecified atom stereocenters. The third-order valence-electron chi connectivity index (χ3n) is 4.15. The number of rotatable bonds is 8. The highest BCUT2D eigenvalue weighted by molar-refractivity contribution is 6.02. The molecule has 2 N–H and O–H groups in total. The Morgan fingerprint density at radius 3 is 2.22 bits per heavy atom. The highest BCUT2D eigenvalue weighted by Crippen LogP contribution is 2.16. The summed E-state index contributed by atoms with van der Waals surface area (Å²) in [7, 11) is 0. The molecule has 2 aromatic carbocycles. The number of urea groups is 1. The number of carbonyl (C=O) groups excluding carboxylic acids is 3. The summed E-state index contributed by atoms with van der Waals surface area (Å²) in [5, 5.41) is 5.27. The van der Waals surface area contributed by atoms with Gasteiger partial charge < -0.3 is 20.2 Å². The average molecular weight is 368 g/mol. The maximum absolute atomic E-state index is 12.5. The summed E-state index contributed by atoms with van der Waals surface area (Å²) < 4.78 is 5.05. The maximum atomic E-state index is 12.5. The average Bonchev–Trinajstić information content (AvgIpc) is 2.69. The van der Waals surface area contributed by atoms with Crippen molar-refractivity contribution in [2.75, 3.05) is 6.61 Å². The summed E-state index contributed by atoms with van der Waals surface area (Å²) in [6.45, 7) is 3.57. The molecule has 2 aromatic rings. The molecule has 27 heavy (non-hydrogen) atoms. The largest absolute Gasteiger partial charge is 0.464 e. The molecule has 0 saturated carbocycles. The first-order valence-electron chi connectivity index (χ1n) is 8.82. The van der Waals surface area contributed by atoms with Crippen LogP contribution in [0.1, 0.15) is 31.0 Å². The molecular formula is C21H24N2O4. The number of aldehydes is 1. The van der Waals surface area contributed by atoms with E-state index < -0.39 is 17.5 Å². The van der Waals surface area contributed by atoms with Crippen molar-refractivity contribution in [3.05, 3.63) is 71.8 Å². The smallest absolute Gasteiger partial charge is 0.339 e. The zero-order chi connectivity index (χ0) is 19.7. The van der Waals surface area contributed by atoms with Gasteiger partial charge in [0.1, 0.15) is 0 Å². The standard InChI is InChI=1S/C21H24N2O4/c1-3-27-19(25)21(15-24,14-17-10-6-4-7-11-17)23-20(26)22-16(2)18-12-8-5-9-13-18/h4-13,15-16H,3,14H2,1-2H3,(H2,22,23,26)/t16-,21?/m1/s1. The van der Waals surface area contributed by atoms with Crippen LogP contribution in [0.5, 0.6) is 0 Å². The van der Waals surface area contributed by atoms with Crippen molar-refractivity contribution in [1.29, 1.82) is 0 Å². The van der Waals surface area contributed by atoms with Gasteiger partial charge in [-0.1, -0.05) is 60.7 Å². The zero-order valence-corrected chi connectivity index (χ0v) is 15.5. The second-order valence-electron chi connectivity index (χ2n) is 6.20. The molecule has 142 valence electrons. The van der Waals surface area contributed by atoms with E-state index in [1.165, 1.54) is 0 Å². The molecule has 0 bridgehead atoms. The first kappa shape index (κ1) is 20.2. The lowest BCUT2D eigenvalue weighted by Crippen LogP contribution is -2.60. The monoisotopic (exact) mass is 368 g/mol. The van der Waals surface area contributed by atoms with Crippen LogP contribution in [0.15, 0.2) is 60.7 Å². The van der Waals surface area contributed by atoms with Gasteiger partial charge >= 0.3 is 12.0 Å². The maximum Gasteiger partial charge on any atom is 0.339 e. The van der Waals surface area contributed by atoms with E-state index in [0.29, 0.717) is 6.29 Å². The van der Waals surface area contributed by atoms with E-state index in [2.05, 4.69) is 10.6 Å². The van der Waals surface area contributed by atoms with Crippen LogP contribution in [0.25, 0.3) is 0 Å². The molecular weight excluding hydrogens is 344 g/mol. The Bertz CT molecular complexity index is 764. The van der Waals surface area contributed by atoms with E-state index in [1.807, 2.05) is 43.3 Å². The predicted molar refractivity (Wildman–Crippen MR) is 102 cm³/mol. The van der Waals surface area contributed by atoms with Crippen LogP contribution in [0.2, 0.25) is 0 Å². The van der Waals surface area contributed by atoms with Crippen molar-refractivity contribution in [3.8, 4) is 0 Å². The van der Waals surface area contributed by atoms with Crippen LogP contribution in [-0.4, -0.2) is 30.4 Å². The topological polar surface area (TPSA) is 84.5 Å². The number of benzene rings is 2. The lowest BCUT2D eigenvalue weighted by molar-refractivity contribution is -0.152. The number of carbonyl (C=O) groups is 3. The van der Waals surface area contributed by atoms with Crippen molar-refractivity contribution in [1.82, 2.24) is 10.6 Å².